The number of carbonyl (C=O) groups excluding carboxylic acids is 1. The highest BCUT2D eigenvalue weighted by atomic mass is 16.5. The number of nitrogens with one attached hydrogen (secondary N) is 1. The first-order chi connectivity index (χ1) is 10.8. The fraction of sp³-hybridized carbons (Fsp3) is 0.167. The van der Waals surface area contributed by atoms with Crippen LogP contribution in [-0.2, 0) is 10.5 Å². The van der Waals surface area contributed by atoms with E-state index in [2.05, 4.69) is 11.1 Å². The standard InChI is InChI=1S/C18H14N2O2/c21-17-13-6-1-3-7-14(13)18(20(17)9-10-22-18)15-11-19-16-8-4-2-5-12(15)16/h1-8,11,19H,9-10H2. The Bertz CT molecular complexity index is 914. The Morgan fingerprint density at radius 2 is 1.86 bits per heavy atom. The predicted octanol–water partition coefficient (Wildman–Crippen LogP) is 2.86. The number of hydrogen-bond donors (Lipinski definition) is 1. The van der Waals surface area contributed by atoms with E-state index in [9.17, 15) is 4.79 Å². The van der Waals surface area contributed by atoms with Crippen LogP contribution in [-0.4, -0.2) is 28.9 Å². The Morgan fingerprint density at radius 1 is 1.05 bits per heavy atom. The Hall–Kier alpha value is -2.59. The zero-order valence-electron chi connectivity index (χ0n) is 11.9. The van der Waals surface area contributed by atoms with Crippen molar-refractivity contribution in [1.82, 2.24) is 9.88 Å². The molecule has 1 amide bonds. The molecule has 0 aliphatic carbocycles. The first-order valence-electron chi connectivity index (χ1n) is 7.44. The molecule has 0 spiro atoms. The molecule has 2 aromatic carbocycles. The van der Waals surface area contributed by atoms with Gasteiger partial charge in [-0.3, -0.25) is 9.69 Å². The van der Waals surface area contributed by atoms with Crippen molar-refractivity contribution in [1.29, 1.82) is 0 Å². The Balaban J connectivity index is 1.87. The Labute approximate surface area is 127 Å². The molecule has 108 valence electrons. The summed E-state index contributed by atoms with van der Waals surface area (Å²) in [6.07, 6.45) is 1.97. The van der Waals surface area contributed by atoms with E-state index in [-0.39, 0.29) is 5.91 Å². The van der Waals surface area contributed by atoms with Gasteiger partial charge in [0.2, 0.25) is 0 Å². The summed E-state index contributed by atoms with van der Waals surface area (Å²) in [6.45, 7) is 1.17. The summed E-state index contributed by atoms with van der Waals surface area (Å²) in [6, 6.07) is 15.9. The average molecular weight is 290 g/mol. The first kappa shape index (κ1) is 12.0. The van der Waals surface area contributed by atoms with Crippen molar-refractivity contribution in [3.63, 3.8) is 0 Å². The van der Waals surface area contributed by atoms with Crippen molar-refractivity contribution >= 4 is 16.8 Å². The highest BCUT2D eigenvalue weighted by molar-refractivity contribution is 6.01. The Morgan fingerprint density at radius 3 is 2.82 bits per heavy atom. The summed E-state index contributed by atoms with van der Waals surface area (Å²) in [4.78, 5) is 17.9. The fourth-order valence-corrected chi connectivity index (χ4v) is 3.82. The molecule has 4 nitrogen and oxygen atoms in total. The summed E-state index contributed by atoms with van der Waals surface area (Å²) < 4.78 is 6.20. The molecule has 1 atom stereocenters. The Kier molecular flexibility index (Phi) is 2.18. The molecule has 0 radical (unpaired) electrons. The molecule has 2 aliphatic heterocycles. The molecule has 3 aromatic rings. The van der Waals surface area contributed by atoms with Crippen LogP contribution in [0.3, 0.4) is 0 Å². The van der Waals surface area contributed by atoms with Gasteiger partial charge in [-0.05, 0) is 12.1 Å². The third-order valence-electron chi connectivity index (χ3n) is 4.73. The number of carbonyl (C=O) groups is 1. The minimum absolute atomic E-state index is 0.0541. The number of amides is 1. The molecule has 2 aliphatic rings. The van der Waals surface area contributed by atoms with E-state index in [1.807, 2.05) is 53.6 Å². The van der Waals surface area contributed by atoms with Crippen LogP contribution in [0.5, 0.6) is 0 Å². The second-order valence-electron chi connectivity index (χ2n) is 5.74. The molecular formula is C18H14N2O2. The quantitative estimate of drug-likeness (QED) is 0.749. The van der Waals surface area contributed by atoms with Crippen molar-refractivity contribution in [2.45, 2.75) is 5.72 Å². The highest BCUT2D eigenvalue weighted by Crippen LogP contribution is 2.49. The van der Waals surface area contributed by atoms with E-state index >= 15 is 0 Å². The number of nitrogens with zero attached hydrogens (tertiary/aromatic N) is 1. The number of fused-ring (bicyclic) bond motifs is 4. The van der Waals surface area contributed by atoms with Gasteiger partial charge in [-0.15, -0.1) is 0 Å². The molecule has 1 N–H and O–H groups in total. The topological polar surface area (TPSA) is 45.3 Å². The number of aromatic amines is 1. The molecule has 4 heteroatoms. The predicted molar refractivity (Wildman–Crippen MR) is 82.5 cm³/mol. The number of hydrogen-bond acceptors (Lipinski definition) is 2. The average Bonchev–Trinajstić information content (AvgIpc) is 3.23. The van der Waals surface area contributed by atoms with Crippen LogP contribution < -0.4 is 0 Å². The van der Waals surface area contributed by atoms with Gasteiger partial charge in [-0.1, -0.05) is 36.4 Å². The highest BCUT2D eigenvalue weighted by Gasteiger charge is 2.55. The van der Waals surface area contributed by atoms with Crippen molar-refractivity contribution in [3.8, 4) is 0 Å². The lowest BCUT2D eigenvalue weighted by atomic mass is 9.93. The maximum absolute atomic E-state index is 12.8. The van der Waals surface area contributed by atoms with Crippen LogP contribution in [0.4, 0.5) is 0 Å². The van der Waals surface area contributed by atoms with Gasteiger partial charge in [0.1, 0.15) is 0 Å². The van der Waals surface area contributed by atoms with Gasteiger partial charge in [0.25, 0.3) is 5.91 Å². The van der Waals surface area contributed by atoms with Crippen molar-refractivity contribution in [2.75, 3.05) is 13.2 Å². The lowest BCUT2D eigenvalue weighted by Crippen LogP contribution is -2.40. The smallest absolute Gasteiger partial charge is 0.257 e. The van der Waals surface area contributed by atoms with Gasteiger partial charge in [0.15, 0.2) is 5.72 Å². The summed E-state index contributed by atoms with van der Waals surface area (Å²) in [7, 11) is 0. The van der Waals surface area contributed by atoms with E-state index in [0.29, 0.717) is 13.2 Å². The number of rotatable bonds is 1. The fourth-order valence-electron chi connectivity index (χ4n) is 3.82. The number of benzene rings is 2. The zero-order valence-corrected chi connectivity index (χ0v) is 11.9. The van der Waals surface area contributed by atoms with Crippen LogP contribution in [0.25, 0.3) is 10.9 Å². The number of H-pyrrole nitrogens is 1. The van der Waals surface area contributed by atoms with Crippen molar-refractivity contribution in [3.05, 3.63) is 71.4 Å². The van der Waals surface area contributed by atoms with Crippen molar-refractivity contribution in [2.24, 2.45) is 0 Å². The van der Waals surface area contributed by atoms with Crippen LogP contribution in [0, 0.1) is 0 Å². The van der Waals surface area contributed by atoms with Crippen LogP contribution in [0.15, 0.2) is 54.7 Å². The number of ether oxygens (including phenoxy) is 1. The van der Waals surface area contributed by atoms with Gasteiger partial charge in [-0.25, -0.2) is 0 Å². The van der Waals surface area contributed by atoms with Crippen LogP contribution in [0.2, 0.25) is 0 Å². The summed E-state index contributed by atoms with van der Waals surface area (Å²) >= 11 is 0. The molecular weight excluding hydrogens is 276 g/mol. The minimum atomic E-state index is -0.784. The molecule has 1 fully saturated rings. The number of para-hydroxylation sites is 1. The molecule has 3 heterocycles. The van der Waals surface area contributed by atoms with Gasteiger partial charge >= 0.3 is 0 Å². The molecule has 0 bridgehead atoms. The molecule has 0 saturated carbocycles. The molecule has 1 saturated heterocycles. The minimum Gasteiger partial charge on any atom is -0.361 e. The summed E-state index contributed by atoms with van der Waals surface area (Å²) in [5, 5.41) is 1.10. The second-order valence-corrected chi connectivity index (χ2v) is 5.74. The lowest BCUT2D eigenvalue weighted by Gasteiger charge is -2.31. The molecule has 5 rings (SSSR count). The molecule has 22 heavy (non-hydrogen) atoms. The van der Waals surface area contributed by atoms with E-state index < -0.39 is 5.72 Å². The summed E-state index contributed by atoms with van der Waals surface area (Å²) in [5.41, 5.74) is 2.97. The molecule has 1 unspecified atom stereocenters. The van der Waals surface area contributed by atoms with E-state index in [1.165, 1.54) is 0 Å². The summed E-state index contributed by atoms with van der Waals surface area (Å²) in [5.74, 6) is 0.0541. The second kappa shape index (κ2) is 3.99. The third-order valence-corrected chi connectivity index (χ3v) is 4.73. The third kappa shape index (κ3) is 1.24. The number of aromatic nitrogens is 1. The lowest BCUT2D eigenvalue weighted by molar-refractivity contribution is -0.0292. The van der Waals surface area contributed by atoms with Gasteiger partial charge in [-0.2, -0.15) is 0 Å². The van der Waals surface area contributed by atoms with Gasteiger partial charge < -0.3 is 9.72 Å². The van der Waals surface area contributed by atoms with E-state index in [4.69, 9.17) is 4.74 Å². The largest absolute Gasteiger partial charge is 0.361 e. The van der Waals surface area contributed by atoms with Crippen LogP contribution >= 0.6 is 0 Å². The van der Waals surface area contributed by atoms with Crippen molar-refractivity contribution < 1.29 is 9.53 Å². The van der Waals surface area contributed by atoms with Gasteiger partial charge in [0.05, 0.1) is 6.61 Å². The SMILES string of the molecule is O=C1c2ccccc2C2(c3c[nH]c4ccccc34)OCCN12. The van der Waals surface area contributed by atoms with E-state index in [1.54, 1.807) is 0 Å². The van der Waals surface area contributed by atoms with E-state index in [0.717, 1.165) is 27.6 Å². The van der Waals surface area contributed by atoms with Crippen LogP contribution in [0.1, 0.15) is 21.5 Å². The van der Waals surface area contributed by atoms with Gasteiger partial charge in [0, 0.05) is 40.3 Å². The zero-order chi connectivity index (χ0) is 14.7. The maximum Gasteiger partial charge on any atom is 0.257 e. The first-order valence-corrected chi connectivity index (χ1v) is 7.44. The monoisotopic (exact) mass is 290 g/mol. The molecule has 1 aromatic heterocycles. The normalized spacial score (nSPS) is 23.1. The maximum atomic E-state index is 12.8.